The van der Waals surface area contributed by atoms with E-state index in [0.29, 0.717) is 5.75 Å². The molecule has 0 saturated heterocycles. The molecule has 1 aliphatic heterocycles. The molecule has 0 aliphatic carbocycles. The van der Waals surface area contributed by atoms with E-state index in [1.165, 1.54) is 12.1 Å². The van der Waals surface area contributed by atoms with Gasteiger partial charge in [-0.25, -0.2) is 0 Å². The summed E-state index contributed by atoms with van der Waals surface area (Å²) in [6.45, 7) is 5.51. The molecule has 0 fully saturated rings. The van der Waals surface area contributed by atoms with Crippen molar-refractivity contribution >= 4 is 5.69 Å². The Hall–Kier alpha value is -2.48. The number of para-hydroxylation sites is 1. The van der Waals surface area contributed by atoms with Gasteiger partial charge in [0.2, 0.25) is 0 Å². The van der Waals surface area contributed by atoms with Crippen LogP contribution in [0.3, 0.4) is 0 Å². The molecule has 28 heavy (non-hydrogen) atoms. The number of rotatable bonds is 3. The van der Waals surface area contributed by atoms with Gasteiger partial charge in [0, 0.05) is 36.3 Å². The molecule has 0 amide bonds. The van der Waals surface area contributed by atoms with Crippen molar-refractivity contribution in [1.29, 1.82) is 0 Å². The molecule has 0 radical (unpaired) electrons. The van der Waals surface area contributed by atoms with Crippen LogP contribution in [0.1, 0.15) is 24.0 Å². The Morgan fingerprint density at radius 2 is 1.54 bits per heavy atom. The summed E-state index contributed by atoms with van der Waals surface area (Å²) in [7, 11) is 2.17. The normalized spacial score (nSPS) is 16.9. The van der Waals surface area contributed by atoms with E-state index in [4.69, 9.17) is 4.74 Å². The van der Waals surface area contributed by atoms with Crippen molar-refractivity contribution in [3.63, 3.8) is 0 Å². The SMILES string of the molecule is CN1CCCNCc2cccc(c2Oc2ccc([N+](=O)[O-])cc2)CNCCC1. The van der Waals surface area contributed by atoms with Crippen LogP contribution < -0.4 is 15.4 Å². The third-order valence-electron chi connectivity index (χ3n) is 4.86. The highest BCUT2D eigenvalue weighted by molar-refractivity contribution is 5.46. The molecule has 0 spiro atoms. The summed E-state index contributed by atoms with van der Waals surface area (Å²) in [6.07, 6.45) is 2.20. The molecule has 2 N–H and O–H groups in total. The van der Waals surface area contributed by atoms with Crippen molar-refractivity contribution in [1.82, 2.24) is 15.5 Å². The van der Waals surface area contributed by atoms with E-state index >= 15 is 0 Å². The van der Waals surface area contributed by atoms with Gasteiger partial charge >= 0.3 is 0 Å². The van der Waals surface area contributed by atoms with Crippen LogP contribution >= 0.6 is 0 Å². The van der Waals surface area contributed by atoms with Crippen LogP contribution in [0.15, 0.2) is 42.5 Å². The predicted molar refractivity (Wildman–Crippen MR) is 110 cm³/mol. The second-order valence-electron chi connectivity index (χ2n) is 7.12. The highest BCUT2D eigenvalue weighted by Gasteiger charge is 2.13. The Morgan fingerprint density at radius 1 is 0.964 bits per heavy atom. The van der Waals surface area contributed by atoms with Gasteiger partial charge in [0.1, 0.15) is 11.5 Å². The molecule has 0 unspecified atom stereocenters. The minimum Gasteiger partial charge on any atom is -0.457 e. The monoisotopic (exact) mass is 384 g/mol. The molecule has 0 saturated carbocycles. The summed E-state index contributed by atoms with van der Waals surface area (Å²) in [4.78, 5) is 12.8. The van der Waals surface area contributed by atoms with Crippen LogP contribution in [0, 0.1) is 10.1 Å². The van der Waals surface area contributed by atoms with Crippen LogP contribution in [0.2, 0.25) is 0 Å². The van der Waals surface area contributed by atoms with E-state index in [0.717, 1.165) is 69.0 Å². The minimum absolute atomic E-state index is 0.0589. The maximum Gasteiger partial charge on any atom is 0.269 e. The van der Waals surface area contributed by atoms with E-state index < -0.39 is 4.92 Å². The van der Waals surface area contributed by atoms with Crippen molar-refractivity contribution in [3.05, 3.63) is 63.7 Å². The summed E-state index contributed by atoms with van der Waals surface area (Å²) < 4.78 is 6.18. The number of hydrogen-bond donors (Lipinski definition) is 2. The molecular formula is C21H28N4O3. The van der Waals surface area contributed by atoms with Crippen LogP contribution in [0.5, 0.6) is 11.5 Å². The molecular weight excluding hydrogens is 356 g/mol. The van der Waals surface area contributed by atoms with E-state index in [9.17, 15) is 10.1 Å². The number of nitrogens with zero attached hydrogens (tertiary/aromatic N) is 2. The maximum absolute atomic E-state index is 10.9. The average molecular weight is 384 g/mol. The zero-order valence-corrected chi connectivity index (χ0v) is 16.3. The van der Waals surface area contributed by atoms with Gasteiger partial charge in [-0.15, -0.1) is 0 Å². The number of non-ortho nitro benzene ring substituents is 1. The fourth-order valence-electron chi connectivity index (χ4n) is 3.31. The number of ether oxygens (including phenoxy) is 1. The molecule has 150 valence electrons. The first-order valence-corrected chi connectivity index (χ1v) is 9.76. The lowest BCUT2D eigenvalue weighted by Gasteiger charge is -2.20. The molecule has 7 nitrogen and oxygen atoms in total. The molecule has 0 aromatic heterocycles. The fraction of sp³-hybridized carbons (Fsp3) is 0.429. The van der Waals surface area contributed by atoms with Gasteiger partial charge < -0.3 is 20.3 Å². The van der Waals surface area contributed by atoms with E-state index in [2.05, 4.69) is 40.8 Å². The largest absolute Gasteiger partial charge is 0.457 e. The Balaban J connectivity index is 1.79. The van der Waals surface area contributed by atoms with Crippen LogP contribution in [0.4, 0.5) is 5.69 Å². The van der Waals surface area contributed by atoms with Crippen molar-refractivity contribution < 1.29 is 9.66 Å². The van der Waals surface area contributed by atoms with Crippen molar-refractivity contribution in [2.45, 2.75) is 25.9 Å². The van der Waals surface area contributed by atoms with Crippen LogP contribution in [-0.2, 0) is 13.1 Å². The third-order valence-corrected chi connectivity index (χ3v) is 4.86. The zero-order chi connectivity index (χ0) is 19.8. The lowest BCUT2D eigenvalue weighted by Crippen LogP contribution is -2.28. The highest BCUT2D eigenvalue weighted by atomic mass is 16.6. The average Bonchev–Trinajstić information content (AvgIpc) is 2.69. The number of nitro benzene ring substituents is 1. The van der Waals surface area contributed by atoms with Crippen molar-refractivity contribution in [2.24, 2.45) is 0 Å². The van der Waals surface area contributed by atoms with Gasteiger partial charge in [0.05, 0.1) is 4.92 Å². The molecule has 1 aliphatic rings. The topological polar surface area (TPSA) is 79.7 Å². The van der Waals surface area contributed by atoms with Gasteiger partial charge in [-0.3, -0.25) is 10.1 Å². The number of nitrogens with one attached hydrogen (secondary N) is 2. The highest BCUT2D eigenvalue weighted by Crippen LogP contribution is 2.30. The van der Waals surface area contributed by atoms with Gasteiger partial charge in [-0.2, -0.15) is 0 Å². The fourth-order valence-corrected chi connectivity index (χ4v) is 3.31. The predicted octanol–water partition coefficient (Wildman–Crippen LogP) is 3.29. The Kier molecular flexibility index (Phi) is 7.36. The number of nitro groups is 1. The summed E-state index contributed by atoms with van der Waals surface area (Å²) in [6, 6.07) is 12.4. The molecule has 2 bridgehead atoms. The summed E-state index contributed by atoms with van der Waals surface area (Å²) in [5.74, 6) is 1.42. The lowest BCUT2D eigenvalue weighted by molar-refractivity contribution is -0.384. The Bertz CT molecular complexity index is 747. The Morgan fingerprint density at radius 3 is 2.07 bits per heavy atom. The first kappa shape index (κ1) is 20.3. The minimum atomic E-state index is -0.404. The molecule has 1 heterocycles. The number of benzene rings is 2. The van der Waals surface area contributed by atoms with E-state index in [1.54, 1.807) is 12.1 Å². The number of hydrogen-bond acceptors (Lipinski definition) is 6. The second-order valence-corrected chi connectivity index (χ2v) is 7.12. The molecule has 7 heteroatoms. The van der Waals surface area contributed by atoms with Gasteiger partial charge in [0.15, 0.2) is 0 Å². The van der Waals surface area contributed by atoms with Crippen molar-refractivity contribution in [2.75, 3.05) is 33.2 Å². The standard InChI is InChI=1S/C21H28N4O3/c1-24-13-3-11-22-15-17-5-2-6-18(16-23-12-4-14-24)21(17)28-20-9-7-19(8-10-20)25(26)27/h2,5-10,22-23H,3-4,11-16H2,1H3. The molecule has 0 atom stereocenters. The maximum atomic E-state index is 10.9. The summed E-state index contributed by atoms with van der Waals surface area (Å²) >= 11 is 0. The summed E-state index contributed by atoms with van der Waals surface area (Å²) in [5, 5.41) is 17.9. The van der Waals surface area contributed by atoms with Crippen LogP contribution in [-0.4, -0.2) is 43.0 Å². The first-order valence-electron chi connectivity index (χ1n) is 9.76. The van der Waals surface area contributed by atoms with Crippen molar-refractivity contribution in [3.8, 4) is 11.5 Å². The van der Waals surface area contributed by atoms with Gasteiger partial charge in [-0.1, -0.05) is 18.2 Å². The molecule has 2 aromatic carbocycles. The van der Waals surface area contributed by atoms with Crippen LogP contribution in [0.25, 0.3) is 0 Å². The second kappa shape index (κ2) is 10.2. The summed E-state index contributed by atoms with van der Waals surface area (Å²) in [5.41, 5.74) is 2.23. The van der Waals surface area contributed by atoms with Gasteiger partial charge in [0.25, 0.3) is 5.69 Å². The number of fused-ring (bicyclic) bond motifs is 2. The zero-order valence-electron chi connectivity index (χ0n) is 16.3. The van der Waals surface area contributed by atoms with E-state index in [1.807, 2.05) is 0 Å². The Labute approximate surface area is 165 Å². The van der Waals surface area contributed by atoms with E-state index in [-0.39, 0.29) is 5.69 Å². The quantitative estimate of drug-likeness (QED) is 0.624. The smallest absolute Gasteiger partial charge is 0.269 e. The van der Waals surface area contributed by atoms with Gasteiger partial charge in [-0.05, 0) is 58.2 Å². The lowest BCUT2D eigenvalue weighted by atomic mass is 10.1. The molecule has 2 aromatic rings. The third kappa shape index (κ3) is 5.76. The first-order chi connectivity index (χ1) is 13.6. The molecule has 3 rings (SSSR count).